The van der Waals surface area contributed by atoms with E-state index in [1.165, 1.54) is 17.5 Å². The van der Waals surface area contributed by atoms with Crippen molar-refractivity contribution in [2.24, 2.45) is 5.92 Å². The molecule has 1 aromatic rings. The zero-order valence-electron chi connectivity index (χ0n) is 13.6. The minimum atomic E-state index is 0.558. The zero-order valence-corrected chi connectivity index (χ0v) is 13.6. The lowest BCUT2D eigenvalue weighted by Crippen LogP contribution is -2.30. The van der Waals surface area contributed by atoms with Gasteiger partial charge in [0.05, 0.1) is 0 Å². The molecule has 2 nitrogen and oxygen atoms in total. The Morgan fingerprint density at radius 3 is 2.45 bits per heavy atom. The van der Waals surface area contributed by atoms with Crippen LogP contribution in [0.1, 0.15) is 44.7 Å². The van der Waals surface area contributed by atoms with Gasteiger partial charge in [-0.05, 0) is 51.1 Å². The lowest BCUT2D eigenvalue weighted by atomic mass is 9.94. The first kappa shape index (κ1) is 17.2. The molecule has 0 bridgehead atoms. The van der Waals surface area contributed by atoms with Crippen LogP contribution in [0.4, 0.5) is 0 Å². The molecule has 0 saturated heterocycles. The normalized spacial score (nSPS) is 12.8. The molecular formula is C18H31NO. The molecule has 0 spiro atoms. The van der Waals surface area contributed by atoms with Crippen LogP contribution in [0, 0.1) is 12.8 Å². The summed E-state index contributed by atoms with van der Waals surface area (Å²) < 4.78 is 5.46. The fourth-order valence-electron chi connectivity index (χ4n) is 2.35. The first-order chi connectivity index (χ1) is 9.61. The van der Waals surface area contributed by atoms with Crippen LogP contribution >= 0.6 is 0 Å². The van der Waals surface area contributed by atoms with E-state index in [4.69, 9.17) is 4.74 Å². The molecule has 0 aromatic heterocycles. The van der Waals surface area contributed by atoms with Gasteiger partial charge in [0.25, 0.3) is 0 Å². The predicted octanol–water partition coefficient (Wildman–Crippen LogP) is 3.97. The molecule has 0 amide bonds. The van der Waals surface area contributed by atoms with E-state index in [1.54, 1.807) is 0 Å². The third-order valence-electron chi connectivity index (χ3n) is 3.56. The number of hydrogen-bond donors (Lipinski definition) is 1. The number of ether oxygens (including phenoxy) is 1. The molecule has 20 heavy (non-hydrogen) atoms. The molecule has 0 aliphatic heterocycles. The summed E-state index contributed by atoms with van der Waals surface area (Å²) in [6.45, 7) is 11.4. The average Bonchev–Trinajstić information content (AvgIpc) is 2.43. The second-order valence-electron chi connectivity index (χ2n) is 5.96. The van der Waals surface area contributed by atoms with Crippen LogP contribution < -0.4 is 5.32 Å². The van der Waals surface area contributed by atoms with Gasteiger partial charge in [0.2, 0.25) is 0 Å². The van der Waals surface area contributed by atoms with Gasteiger partial charge >= 0.3 is 0 Å². The van der Waals surface area contributed by atoms with Crippen molar-refractivity contribution in [3.63, 3.8) is 0 Å². The van der Waals surface area contributed by atoms with Gasteiger partial charge < -0.3 is 10.1 Å². The summed E-state index contributed by atoms with van der Waals surface area (Å²) in [7, 11) is 0. The molecule has 1 unspecified atom stereocenters. The topological polar surface area (TPSA) is 21.3 Å². The lowest BCUT2D eigenvalue weighted by Gasteiger charge is -2.19. The van der Waals surface area contributed by atoms with Crippen molar-refractivity contribution >= 4 is 0 Å². The fraction of sp³-hybridized carbons (Fsp3) is 0.667. The van der Waals surface area contributed by atoms with E-state index in [2.05, 4.69) is 57.3 Å². The monoisotopic (exact) mass is 277 g/mol. The molecule has 1 N–H and O–H groups in total. The average molecular weight is 277 g/mol. The lowest BCUT2D eigenvalue weighted by molar-refractivity contribution is 0.139. The molecule has 0 fully saturated rings. The Hall–Kier alpha value is -0.860. The van der Waals surface area contributed by atoms with Gasteiger partial charge in [-0.25, -0.2) is 0 Å². The number of nitrogens with one attached hydrogen (secondary N) is 1. The Balaban J connectivity index is 2.45. The maximum Gasteiger partial charge on any atom is 0.0466 e. The van der Waals surface area contributed by atoms with Gasteiger partial charge in [0.1, 0.15) is 0 Å². The summed E-state index contributed by atoms with van der Waals surface area (Å²) in [5, 5.41) is 3.58. The van der Waals surface area contributed by atoms with Crippen molar-refractivity contribution < 1.29 is 4.74 Å². The van der Waals surface area contributed by atoms with Gasteiger partial charge in [-0.15, -0.1) is 0 Å². The van der Waals surface area contributed by atoms with Gasteiger partial charge in [-0.3, -0.25) is 0 Å². The van der Waals surface area contributed by atoms with Crippen molar-refractivity contribution in [3.8, 4) is 0 Å². The van der Waals surface area contributed by atoms with Crippen molar-refractivity contribution in [1.82, 2.24) is 5.32 Å². The molecule has 1 atom stereocenters. The predicted molar refractivity (Wildman–Crippen MR) is 87.2 cm³/mol. The van der Waals surface area contributed by atoms with E-state index < -0.39 is 0 Å². The molecular weight excluding hydrogens is 246 g/mol. The third-order valence-corrected chi connectivity index (χ3v) is 3.56. The van der Waals surface area contributed by atoms with Gasteiger partial charge in [-0.1, -0.05) is 43.7 Å². The highest BCUT2D eigenvalue weighted by molar-refractivity contribution is 5.21. The first-order valence-corrected chi connectivity index (χ1v) is 7.98. The van der Waals surface area contributed by atoms with E-state index in [0.717, 1.165) is 32.6 Å². The maximum atomic E-state index is 5.46. The molecule has 114 valence electrons. The minimum Gasteiger partial charge on any atom is -0.382 e. The smallest absolute Gasteiger partial charge is 0.0466 e. The van der Waals surface area contributed by atoms with Gasteiger partial charge in [0.15, 0.2) is 0 Å². The molecule has 0 heterocycles. The molecule has 2 heteroatoms. The van der Waals surface area contributed by atoms with Crippen LogP contribution in [-0.2, 0) is 11.2 Å². The summed E-state index contributed by atoms with van der Waals surface area (Å²) in [4.78, 5) is 0. The second-order valence-corrected chi connectivity index (χ2v) is 5.96. The summed E-state index contributed by atoms with van der Waals surface area (Å²) in [5.74, 6) is 0.695. The van der Waals surface area contributed by atoms with Crippen molar-refractivity contribution in [2.75, 3.05) is 19.8 Å². The zero-order chi connectivity index (χ0) is 14.8. The van der Waals surface area contributed by atoms with Crippen LogP contribution in [0.15, 0.2) is 24.3 Å². The molecule has 0 saturated carbocycles. The van der Waals surface area contributed by atoms with E-state index in [9.17, 15) is 0 Å². The summed E-state index contributed by atoms with van der Waals surface area (Å²) in [6.07, 6.45) is 3.55. The molecule has 0 radical (unpaired) electrons. The van der Waals surface area contributed by atoms with Gasteiger partial charge in [-0.2, -0.15) is 0 Å². The van der Waals surface area contributed by atoms with Crippen molar-refractivity contribution in [1.29, 1.82) is 0 Å². The van der Waals surface area contributed by atoms with Crippen LogP contribution in [0.25, 0.3) is 0 Å². The van der Waals surface area contributed by atoms with Crippen LogP contribution in [0.2, 0.25) is 0 Å². The molecule has 0 aliphatic rings. The van der Waals surface area contributed by atoms with E-state index in [0.29, 0.717) is 12.0 Å². The number of hydrogen-bond acceptors (Lipinski definition) is 2. The quantitative estimate of drug-likeness (QED) is 0.653. The maximum absolute atomic E-state index is 5.46. The van der Waals surface area contributed by atoms with E-state index in [1.807, 2.05) is 0 Å². The Bertz CT molecular complexity index is 345. The SMILES string of the molecule is CCOCCCC(CNC(C)C)Cc1ccc(C)cc1. The Labute approximate surface area is 124 Å². The number of aryl methyl sites for hydroxylation is 1. The Morgan fingerprint density at radius 1 is 1.15 bits per heavy atom. The number of benzene rings is 1. The number of rotatable bonds is 10. The fourth-order valence-corrected chi connectivity index (χ4v) is 2.35. The highest BCUT2D eigenvalue weighted by atomic mass is 16.5. The highest BCUT2D eigenvalue weighted by Crippen LogP contribution is 2.15. The Morgan fingerprint density at radius 2 is 1.85 bits per heavy atom. The first-order valence-electron chi connectivity index (χ1n) is 7.98. The molecule has 0 aliphatic carbocycles. The summed E-state index contributed by atoms with van der Waals surface area (Å²) in [6, 6.07) is 9.51. The third kappa shape index (κ3) is 7.66. The van der Waals surface area contributed by atoms with E-state index in [-0.39, 0.29) is 0 Å². The van der Waals surface area contributed by atoms with Crippen molar-refractivity contribution in [3.05, 3.63) is 35.4 Å². The standard InChI is InChI=1S/C18H31NO/c1-5-20-12-6-7-18(14-19-15(2)3)13-17-10-8-16(4)9-11-17/h8-11,15,18-19H,5-7,12-14H2,1-4H3. The van der Waals surface area contributed by atoms with E-state index >= 15 is 0 Å². The highest BCUT2D eigenvalue weighted by Gasteiger charge is 2.10. The minimum absolute atomic E-state index is 0.558. The summed E-state index contributed by atoms with van der Waals surface area (Å²) in [5.41, 5.74) is 2.78. The molecule has 1 aromatic carbocycles. The van der Waals surface area contributed by atoms with Crippen molar-refractivity contribution in [2.45, 2.75) is 53.0 Å². The van der Waals surface area contributed by atoms with Crippen LogP contribution in [0.5, 0.6) is 0 Å². The van der Waals surface area contributed by atoms with Gasteiger partial charge in [0, 0.05) is 19.3 Å². The summed E-state index contributed by atoms with van der Waals surface area (Å²) >= 11 is 0. The Kier molecular flexibility index (Phi) is 8.56. The van der Waals surface area contributed by atoms with Crippen LogP contribution in [0.3, 0.4) is 0 Å². The largest absolute Gasteiger partial charge is 0.382 e. The second kappa shape index (κ2) is 9.95. The molecule has 1 rings (SSSR count). The van der Waals surface area contributed by atoms with Crippen LogP contribution in [-0.4, -0.2) is 25.8 Å².